The molecule has 0 atom stereocenters. The highest BCUT2D eigenvalue weighted by atomic mass is 16.5. The molecular formula is C19H30N4O2. The number of carbonyl (C=O) groups excluding carboxylic acids is 1. The second-order valence-electron chi connectivity index (χ2n) is 7.17. The topological polar surface area (TPSA) is 48.1 Å². The van der Waals surface area contributed by atoms with E-state index in [9.17, 15) is 4.79 Å². The average Bonchev–Trinajstić information content (AvgIpc) is 2.63. The van der Waals surface area contributed by atoms with Gasteiger partial charge in [-0.3, -0.25) is 4.79 Å². The number of hydrogen-bond donors (Lipinski definition) is 1. The van der Waals surface area contributed by atoms with Gasteiger partial charge in [-0.2, -0.15) is 0 Å². The van der Waals surface area contributed by atoms with Crippen LogP contribution < -0.4 is 15.0 Å². The smallest absolute Gasteiger partial charge is 0.236 e. The van der Waals surface area contributed by atoms with Gasteiger partial charge < -0.3 is 24.8 Å². The zero-order valence-corrected chi connectivity index (χ0v) is 15.4. The first-order valence-electron chi connectivity index (χ1n) is 9.27. The predicted molar refractivity (Wildman–Crippen MR) is 100 cm³/mol. The number of piperazine rings is 1. The monoisotopic (exact) mass is 346 g/mol. The van der Waals surface area contributed by atoms with E-state index in [-0.39, 0.29) is 5.91 Å². The summed E-state index contributed by atoms with van der Waals surface area (Å²) < 4.78 is 6.07. The fraction of sp³-hybridized carbons (Fsp3) is 0.632. The summed E-state index contributed by atoms with van der Waals surface area (Å²) in [5, 5.41) is 3.36. The number of amides is 1. The molecule has 138 valence electrons. The van der Waals surface area contributed by atoms with Crippen LogP contribution in [-0.2, 0) is 4.79 Å². The highest BCUT2D eigenvalue weighted by Gasteiger charge is 2.21. The Balaban J connectivity index is 1.49. The molecule has 25 heavy (non-hydrogen) atoms. The first-order valence-corrected chi connectivity index (χ1v) is 9.27. The van der Waals surface area contributed by atoms with Gasteiger partial charge in [-0.05, 0) is 64.3 Å². The second kappa shape index (κ2) is 8.54. The summed E-state index contributed by atoms with van der Waals surface area (Å²) in [6.07, 6.45) is 2.48. The van der Waals surface area contributed by atoms with Gasteiger partial charge in [0.2, 0.25) is 5.91 Å². The van der Waals surface area contributed by atoms with Gasteiger partial charge >= 0.3 is 0 Å². The van der Waals surface area contributed by atoms with Crippen molar-refractivity contribution < 1.29 is 9.53 Å². The molecule has 0 aliphatic carbocycles. The van der Waals surface area contributed by atoms with Gasteiger partial charge in [-0.1, -0.05) is 0 Å². The van der Waals surface area contributed by atoms with Crippen LogP contribution in [0.1, 0.15) is 12.8 Å². The summed E-state index contributed by atoms with van der Waals surface area (Å²) >= 11 is 0. The summed E-state index contributed by atoms with van der Waals surface area (Å²) in [5.41, 5.74) is 1.21. The van der Waals surface area contributed by atoms with Gasteiger partial charge in [0.05, 0.1) is 6.54 Å². The summed E-state index contributed by atoms with van der Waals surface area (Å²) in [6, 6.07) is 8.41. The number of anilines is 1. The largest absolute Gasteiger partial charge is 0.490 e. The van der Waals surface area contributed by atoms with E-state index in [1.165, 1.54) is 5.69 Å². The second-order valence-corrected chi connectivity index (χ2v) is 7.17. The van der Waals surface area contributed by atoms with Crippen molar-refractivity contribution in [3.05, 3.63) is 24.3 Å². The van der Waals surface area contributed by atoms with Gasteiger partial charge in [-0.15, -0.1) is 0 Å². The number of piperidine rings is 1. The molecule has 2 saturated heterocycles. The maximum Gasteiger partial charge on any atom is 0.236 e. The lowest BCUT2D eigenvalue weighted by Gasteiger charge is -2.36. The molecule has 1 N–H and O–H groups in total. The van der Waals surface area contributed by atoms with Crippen molar-refractivity contribution in [2.75, 3.05) is 64.8 Å². The number of hydrogen-bond acceptors (Lipinski definition) is 5. The molecule has 2 aliphatic heterocycles. The Kier molecular flexibility index (Phi) is 6.15. The van der Waals surface area contributed by atoms with Crippen LogP contribution in [0.2, 0.25) is 0 Å². The number of nitrogens with one attached hydrogen (secondary N) is 1. The minimum Gasteiger partial charge on any atom is -0.490 e. The molecule has 1 amide bonds. The fourth-order valence-electron chi connectivity index (χ4n) is 3.43. The highest BCUT2D eigenvalue weighted by Crippen LogP contribution is 2.23. The van der Waals surface area contributed by atoms with E-state index < -0.39 is 0 Å². The Hall–Kier alpha value is -1.79. The van der Waals surface area contributed by atoms with E-state index in [2.05, 4.69) is 34.5 Å². The molecule has 0 bridgehead atoms. The third kappa shape index (κ3) is 5.09. The molecule has 0 radical (unpaired) electrons. The molecule has 2 aliphatic rings. The number of nitrogens with zero attached hydrogens (tertiary/aromatic N) is 3. The molecular weight excluding hydrogens is 316 g/mol. The van der Waals surface area contributed by atoms with E-state index in [4.69, 9.17) is 4.74 Å². The van der Waals surface area contributed by atoms with Crippen molar-refractivity contribution in [2.45, 2.75) is 18.9 Å². The van der Waals surface area contributed by atoms with E-state index in [1.54, 1.807) is 0 Å². The van der Waals surface area contributed by atoms with Crippen LogP contribution in [0.4, 0.5) is 5.69 Å². The molecule has 6 nitrogen and oxygen atoms in total. The van der Waals surface area contributed by atoms with Crippen molar-refractivity contribution >= 4 is 11.6 Å². The maximum absolute atomic E-state index is 12.1. The third-order valence-corrected chi connectivity index (χ3v) is 4.87. The zero-order chi connectivity index (χ0) is 17.6. The minimum atomic E-state index is 0.218. The molecule has 0 saturated carbocycles. The molecule has 0 spiro atoms. The SMILES string of the molecule is CN(C)CC(=O)N1CCN(c2ccc(OC3CCNCC3)cc2)CC1. The molecule has 2 fully saturated rings. The number of likely N-dealkylation sites (N-methyl/N-ethyl adjacent to an activating group) is 1. The first-order chi connectivity index (χ1) is 12.1. The van der Waals surface area contributed by atoms with Crippen molar-refractivity contribution in [3.8, 4) is 5.75 Å². The first kappa shape index (κ1) is 18.0. The summed E-state index contributed by atoms with van der Waals surface area (Å²) in [4.78, 5) is 18.4. The minimum absolute atomic E-state index is 0.218. The van der Waals surface area contributed by atoms with E-state index in [0.717, 1.165) is 57.9 Å². The Morgan fingerprint density at radius 1 is 1.12 bits per heavy atom. The predicted octanol–water partition coefficient (Wildman–Crippen LogP) is 1.03. The van der Waals surface area contributed by atoms with E-state index >= 15 is 0 Å². The molecule has 1 aromatic rings. The lowest BCUT2D eigenvalue weighted by Crippen LogP contribution is -2.50. The van der Waals surface area contributed by atoms with Crippen LogP contribution in [0.15, 0.2) is 24.3 Å². The van der Waals surface area contributed by atoms with Crippen molar-refractivity contribution in [1.29, 1.82) is 0 Å². The maximum atomic E-state index is 12.1. The fourth-order valence-corrected chi connectivity index (χ4v) is 3.43. The molecule has 2 heterocycles. The van der Waals surface area contributed by atoms with Crippen LogP contribution in [0.3, 0.4) is 0 Å². The van der Waals surface area contributed by atoms with Gasteiger partial charge in [0.1, 0.15) is 11.9 Å². The van der Waals surface area contributed by atoms with Crippen LogP contribution in [-0.4, -0.2) is 81.7 Å². The molecule has 0 unspecified atom stereocenters. The number of benzene rings is 1. The number of ether oxygens (including phenoxy) is 1. The lowest BCUT2D eigenvalue weighted by molar-refractivity contribution is -0.132. The standard InChI is InChI=1S/C19H30N4O2/c1-21(2)15-19(24)23-13-11-22(12-14-23)16-3-5-17(6-4-16)25-18-7-9-20-10-8-18/h3-6,18,20H,7-15H2,1-2H3. The molecule has 1 aromatic carbocycles. The van der Waals surface area contributed by atoms with Crippen molar-refractivity contribution in [1.82, 2.24) is 15.1 Å². The molecule has 6 heteroatoms. The Morgan fingerprint density at radius 3 is 2.36 bits per heavy atom. The average molecular weight is 346 g/mol. The highest BCUT2D eigenvalue weighted by molar-refractivity contribution is 5.78. The normalized spacial score (nSPS) is 19.3. The Morgan fingerprint density at radius 2 is 1.76 bits per heavy atom. The van der Waals surface area contributed by atoms with Gasteiger partial charge in [0.15, 0.2) is 0 Å². The third-order valence-electron chi connectivity index (χ3n) is 4.87. The van der Waals surface area contributed by atoms with Crippen molar-refractivity contribution in [2.24, 2.45) is 0 Å². The van der Waals surface area contributed by atoms with Crippen LogP contribution in [0.25, 0.3) is 0 Å². The number of carbonyl (C=O) groups is 1. The summed E-state index contributed by atoms with van der Waals surface area (Å²) in [6.45, 7) is 5.92. The number of rotatable bonds is 5. The summed E-state index contributed by atoms with van der Waals surface area (Å²) in [7, 11) is 3.86. The quantitative estimate of drug-likeness (QED) is 0.863. The van der Waals surface area contributed by atoms with Crippen molar-refractivity contribution in [3.63, 3.8) is 0 Å². The summed E-state index contributed by atoms with van der Waals surface area (Å²) in [5.74, 6) is 1.17. The van der Waals surface area contributed by atoms with Gasteiger partial charge in [-0.25, -0.2) is 0 Å². The van der Waals surface area contributed by atoms with Crippen LogP contribution in [0, 0.1) is 0 Å². The van der Waals surface area contributed by atoms with E-state index in [1.807, 2.05) is 23.9 Å². The Labute approximate surface area is 150 Å². The van der Waals surface area contributed by atoms with E-state index in [0.29, 0.717) is 12.6 Å². The van der Waals surface area contributed by atoms with Crippen LogP contribution >= 0.6 is 0 Å². The molecule has 3 rings (SSSR count). The lowest BCUT2D eigenvalue weighted by atomic mass is 10.1. The Bertz CT molecular complexity index is 547. The van der Waals surface area contributed by atoms with Gasteiger partial charge in [0.25, 0.3) is 0 Å². The molecule has 0 aromatic heterocycles. The van der Waals surface area contributed by atoms with Crippen LogP contribution in [0.5, 0.6) is 5.75 Å². The van der Waals surface area contributed by atoms with Gasteiger partial charge in [0, 0.05) is 31.9 Å². The zero-order valence-electron chi connectivity index (χ0n) is 15.4.